The van der Waals surface area contributed by atoms with Crippen molar-refractivity contribution in [2.24, 2.45) is 0 Å². The molecule has 0 saturated carbocycles. The second-order valence-electron chi connectivity index (χ2n) is 5.34. The van der Waals surface area contributed by atoms with Gasteiger partial charge in [-0.3, -0.25) is 0 Å². The van der Waals surface area contributed by atoms with Crippen molar-refractivity contribution in [3.05, 3.63) is 48.0 Å². The highest BCUT2D eigenvalue weighted by molar-refractivity contribution is 7.99. The Morgan fingerprint density at radius 2 is 2.00 bits per heavy atom. The van der Waals surface area contributed by atoms with Crippen molar-refractivity contribution in [3.63, 3.8) is 0 Å². The van der Waals surface area contributed by atoms with Crippen molar-refractivity contribution in [2.75, 3.05) is 10.7 Å². The van der Waals surface area contributed by atoms with Crippen LogP contribution in [0.2, 0.25) is 0 Å². The first-order valence-electron chi connectivity index (χ1n) is 7.01. The first-order valence-corrected chi connectivity index (χ1v) is 8.72. The van der Waals surface area contributed by atoms with Gasteiger partial charge in [-0.15, -0.1) is 11.8 Å². The Balaban J connectivity index is 1.69. The summed E-state index contributed by atoms with van der Waals surface area (Å²) >= 11 is 3.23. The van der Waals surface area contributed by atoms with Crippen LogP contribution in [0.1, 0.15) is 12.5 Å². The van der Waals surface area contributed by atoms with Gasteiger partial charge in [-0.2, -0.15) is 8.75 Å². The van der Waals surface area contributed by atoms with E-state index in [9.17, 15) is 0 Å². The highest BCUT2D eigenvalue weighted by Gasteiger charge is 2.23. The molecule has 106 valence electrons. The molecule has 0 spiro atoms. The van der Waals surface area contributed by atoms with Crippen LogP contribution in [-0.2, 0) is 6.54 Å². The molecule has 3 aromatic rings. The molecule has 0 amide bonds. The lowest BCUT2D eigenvalue weighted by Crippen LogP contribution is -2.37. The molecule has 21 heavy (non-hydrogen) atoms. The molecule has 0 radical (unpaired) electrons. The number of nitrogens with zero attached hydrogens (tertiary/aromatic N) is 3. The minimum Gasteiger partial charge on any atom is -0.363 e. The second kappa shape index (κ2) is 5.31. The molecular formula is C16H15N3S2. The Hall–Kier alpha value is -1.59. The third-order valence-corrected chi connectivity index (χ3v) is 5.72. The van der Waals surface area contributed by atoms with Crippen LogP contribution in [0.3, 0.4) is 0 Å². The van der Waals surface area contributed by atoms with Gasteiger partial charge < -0.3 is 4.90 Å². The van der Waals surface area contributed by atoms with Gasteiger partial charge in [0.1, 0.15) is 11.0 Å². The Morgan fingerprint density at radius 1 is 1.14 bits per heavy atom. The average Bonchev–Trinajstić information content (AvgIpc) is 2.98. The smallest absolute Gasteiger partial charge is 0.105 e. The van der Waals surface area contributed by atoms with E-state index in [1.54, 1.807) is 0 Å². The van der Waals surface area contributed by atoms with Crippen molar-refractivity contribution in [2.45, 2.75) is 24.4 Å². The van der Waals surface area contributed by atoms with Crippen LogP contribution in [0.5, 0.6) is 0 Å². The van der Waals surface area contributed by atoms with E-state index in [-0.39, 0.29) is 0 Å². The lowest BCUT2D eigenvalue weighted by Gasteiger charge is -2.36. The number of hydrogen-bond acceptors (Lipinski definition) is 5. The third-order valence-electron chi connectivity index (χ3n) is 3.86. The molecule has 1 unspecified atom stereocenters. The number of aromatic nitrogens is 2. The van der Waals surface area contributed by atoms with E-state index in [0.29, 0.717) is 6.04 Å². The molecule has 0 saturated heterocycles. The molecule has 3 nitrogen and oxygen atoms in total. The Kier molecular flexibility index (Phi) is 3.31. The number of hydrogen-bond donors (Lipinski definition) is 0. The Morgan fingerprint density at radius 3 is 2.95 bits per heavy atom. The summed E-state index contributed by atoms with van der Waals surface area (Å²) in [4.78, 5) is 3.87. The van der Waals surface area contributed by atoms with Crippen molar-refractivity contribution in [1.29, 1.82) is 0 Å². The van der Waals surface area contributed by atoms with E-state index < -0.39 is 0 Å². The molecule has 5 heteroatoms. The van der Waals surface area contributed by atoms with Gasteiger partial charge in [0, 0.05) is 23.2 Å². The highest BCUT2D eigenvalue weighted by atomic mass is 32.2. The van der Waals surface area contributed by atoms with E-state index >= 15 is 0 Å². The number of rotatable bonds is 2. The molecule has 0 fully saturated rings. The maximum atomic E-state index is 4.34. The van der Waals surface area contributed by atoms with Crippen molar-refractivity contribution in [3.8, 4) is 0 Å². The summed E-state index contributed by atoms with van der Waals surface area (Å²) in [5.41, 5.74) is 4.64. The van der Waals surface area contributed by atoms with Gasteiger partial charge >= 0.3 is 0 Å². The first-order chi connectivity index (χ1) is 10.3. The van der Waals surface area contributed by atoms with Crippen LogP contribution >= 0.6 is 23.5 Å². The first kappa shape index (κ1) is 13.1. The molecule has 2 aromatic carbocycles. The zero-order valence-corrected chi connectivity index (χ0v) is 13.3. The number of para-hydroxylation sites is 1. The van der Waals surface area contributed by atoms with Gasteiger partial charge in [0.15, 0.2) is 0 Å². The van der Waals surface area contributed by atoms with Crippen LogP contribution in [0.4, 0.5) is 5.69 Å². The van der Waals surface area contributed by atoms with Gasteiger partial charge in [-0.1, -0.05) is 18.2 Å². The summed E-state index contributed by atoms with van der Waals surface area (Å²) in [5, 5.41) is 0. The zero-order valence-electron chi connectivity index (χ0n) is 11.7. The lowest BCUT2D eigenvalue weighted by atomic mass is 10.1. The van der Waals surface area contributed by atoms with Crippen LogP contribution in [0, 0.1) is 0 Å². The van der Waals surface area contributed by atoms with Crippen LogP contribution < -0.4 is 4.90 Å². The topological polar surface area (TPSA) is 29.0 Å². The maximum absolute atomic E-state index is 4.34. The van der Waals surface area contributed by atoms with Gasteiger partial charge in [0.25, 0.3) is 0 Å². The summed E-state index contributed by atoms with van der Waals surface area (Å²) in [5.74, 6) is 1.14. The fourth-order valence-corrected chi connectivity index (χ4v) is 4.34. The predicted octanol–water partition coefficient (Wildman–Crippen LogP) is 4.19. The molecular weight excluding hydrogens is 298 g/mol. The van der Waals surface area contributed by atoms with E-state index in [4.69, 9.17) is 0 Å². The number of thioether (sulfide) groups is 1. The maximum Gasteiger partial charge on any atom is 0.105 e. The van der Waals surface area contributed by atoms with Gasteiger partial charge in [-0.25, -0.2) is 0 Å². The predicted molar refractivity (Wildman–Crippen MR) is 90.2 cm³/mol. The SMILES string of the molecule is CC1CSc2ccccc2N1Cc1ccc2nsnc2c1. The van der Waals surface area contributed by atoms with Crippen molar-refractivity contribution >= 4 is 40.2 Å². The minimum atomic E-state index is 0.536. The number of anilines is 1. The summed E-state index contributed by atoms with van der Waals surface area (Å²) in [6.45, 7) is 3.22. The van der Waals surface area contributed by atoms with Crippen LogP contribution in [-0.4, -0.2) is 20.5 Å². The normalized spacial score (nSPS) is 18.0. The van der Waals surface area contributed by atoms with Crippen molar-refractivity contribution in [1.82, 2.24) is 8.75 Å². The second-order valence-corrected chi connectivity index (χ2v) is 6.93. The van der Waals surface area contributed by atoms with Crippen molar-refractivity contribution < 1.29 is 0 Å². The van der Waals surface area contributed by atoms with Gasteiger partial charge in [0.05, 0.1) is 17.4 Å². The minimum absolute atomic E-state index is 0.536. The molecule has 0 bridgehead atoms. The summed E-state index contributed by atoms with van der Waals surface area (Å²) in [7, 11) is 0. The molecule has 1 aliphatic rings. The molecule has 2 heterocycles. The number of benzene rings is 2. The molecule has 0 aliphatic carbocycles. The zero-order chi connectivity index (χ0) is 14.2. The molecule has 1 atom stereocenters. The van der Waals surface area contributed by atoms with Crippen LogP contribution in [0.25, 0.3) is 11.0 Å². The highest BCUT2D eigenvalue weighted by Crippen LogP contribution is 2.38. The quantitative estimate of drug-likeness (QED) is 0.709. The fourth-order valence-electron chi connectivity index (χ4n) is 2.72. The largest absolute Gasteiger partial charge is 0.363 e. The Bertz CT molecular complexity index is 784. The summed E-state index contributed by atoms with van der Waals surface area (Å²) in [6.07, 6.45) is 0. The molecule has 4 rings (SSSR count). The molecule has 1 aliphatic heterocycles. The monoisotopic (exact) mass is 313 g/mol. The standard InChI is InChI=1S/C16H15N3S2/c1-11-10-20-16-5-3-2-4-15(16)19(11)9-12-6-7-13-14(8-12)18-21-17-13/h2-8,11H,9-10H2,1H3. The van der Waals surface area contributed by atoms with E-state index in [1.807, 2.05) is 11.8 Å². The van der Waals surface area contributed by atoms with E-state index in [0.717, 1.165) is 23.3 Å². The lowest BCUT2D eigenvalue weighted by molar-refractivity contribution is 0.676. The van der Waals surface area contributed by atoms with Gasteiger partial charge in [0.2, 0.25) is 0 Å². The summed E-state index contributed by atoms with van der Waals surface area (Å²) < 4.78 is 8.61. The van der Waals surface area contributed by atoms with E-state index in [1.165, 1.54) is 27.9 Å². The Labute approximate surface area is 132 Å². The molecule has 0 N–H and O–H groups in total. The van der Waals surface area contributed by atoms with E-state index in [2.05, 4.69) is 63.0 Å². The number of fused-ring (bicyclic) bond motifs is 2. The third kappa shape index (κ3) is 2.40. The van der Waals surface area contributed by atoms with Crippen LogP contribution in [0.15, 0.2) is 47.4 Å². The molecule has 1 aromatic heterocycles. The average molecular weight is 313 g/mol. The fraction of sp³-hybridized carbons (Fsp3) is 0.250. The van der Waals surface area contributed by atoms with Gasteiger partial charge in [-0.05, 0) is 36.8 Å². The summed E-state index contributed by atoms with van der Waals surface area (Å²) in [6, 6.07) is 15.6.